The van der Waals surface area contributed by atoms with Gasteiger partial charge in [0.15, 0.2) is 0 Å². The van der Waals surface area contributed by atoms with Crippen molar-refractivity contribution in [3.05, 3.63) is 95.1 Å². The van der Waals surface area contributed by atoms with Gasteiger partial charge < -0.3 is 4.74 Å². The van der Waals surface area contributed by atoms with Gasteiger partial charge in [0.1, 0.15) is 5.75 Å². The molecule has 3 aromatic rings. The van der Waals surface area contributed by atoms with Gasteiger partial charge in [-0.25, -0.2) is 4.90 Å². The molecule has 3 aliphatic carbocycles. The van der Waals surface area contributed by atoms with Crippen molar-refractivity contribution in [2.75, 3.05) is 12.0 Å². The molecule has 0 saturated carbocycles. The van der Waals surface area contributed by atoms with Crippen LogP contribution in [0.1, 0.15) is 35.1 Å². The van der Waals surface area contributed by atoms with Crippen LogP contribution in [0.2, 0.25) is 0 Å². The molecule has 0 N–H and O–H groups in total. The molecule has 0 aromatic heterocycles. The number of anilines is 1. The zero-order chi connectivity index (χ0) is 20.6. The highest BCUT2D eigenvalue weighted by Gasteiger charge is 2.66. The Morgan fingerprint density at radius 3 is 1.93 bits per heavy atom. The molecule has 0 spiro atoms. The Kier molecular flexibility index (Phi) is 3.39. The molecule has 2 bridgehead atoms. The third-order valence-electron chi connectivity index (χ3n) is 7.37. The number of carbonyl (C=O) groups is 2. The molecule has 1 fully saturated rings. The number of hydrogen-bond donors (Lipinski definition) is 0. The van der Waals surface area contributed by atoms with E-state index in [0.29, 0.717) is 11.4 Å². The average molecular weight is 395 g/mol. The summed E-state index contributed by atoms with van der Waals surface area (Å²) in [7, 11) is 1.60. The van der Waals surface area contributed by atoms with Crippen molar-refractivity contribution in [1.82, 2.24) is 0 Å². The molecule has 2 atom stereocenters. The summed E-state index contributed by atoms with van der Waals surface area (Å²) in [4.78, 5) is 28.9. The van der Waals surface area contributed by atoms with Crippen LogP contribution >= 0.6 is 0 Å². The first-order valence-corrected chi connectivity index (χ1v) is 10.3. The number of ether oxygens (including phenoxy) is 1. The minimum atomic E-state index is -0.527. The van der Waals surface area contributed by atoms with E-state index in [9.17, 15) is 9.59 Å². The first-order valence-electron chi connectivity index (χ1n) is 10.3. The van der Waals surface area contributed by atoms with Crippen LogP contribution < -0.4 is 9.64 Å². The van der Waals surface area contributed by atoms with Crippen LogP contribution in [-0.2, 0) is 15.0 Å². The van der Waals surface area contributed by atoms with Crippen molar-refractivity contribution in [2.45, 2.75) is 18.3 Å². The molecule has 7 rings (SSSR count). The Labute approximate surface area is 175 Å². The van der Waals surface area contributed by atoms with Gasteiger partial charge in [-0.3, -0.25) is 9.59 Å². The number of hydrogen-bond acceptors (Lipinski definition) is 3. The quantitative estimate of drug-likeness (QED) is 0.609. The van der Waals surface area contributed by atoms with Gasteiger partial charge >= 0.3 is 0 Å². The SMILES string of the molecule is COc1ccc(N2C(=O)[C@@H]3C4c5ccccc5C(C)(c5ccccc54)[C@@H]3C2=O)cc1. The van der Waals surface area contributed by atoms with Crippen LogP contribution in [0.5, 0.6) is 5.75 Å². The van der Waals surface area contributed by atoms with E-state index < -0.39 is 11.3 Å². The molecule has 1 aliphatic heterocycles. The predicted molar refractivity (Wildman–Crippen MR) is 114 cm³/mol. The number of benzene rings is 3. The Morgan fingerprint density at radius 1 is 0.800 bits per heavy atom. The Bertz CT molecular complexity index is 1170. The van der Waals surface area contributed by atoms with Gasteiger partial charge in [0.2, 0.25) is 11.8 Å². The van der Waals surface area contributed by atoms with E-state index in [1.807, 2.05) is 24.3 Å². The number of imide groups is 1. The van der Waals surface area contributed by atoms with Crippen LogP contribution in [0.3, 0.4) is 0 Å². The number of nitrogens with zero attached hydrogens (tertiary/aromatic N) is 1. The summed E-state index contributed by atoms with van der Waals surface area (Å²) in [6.07, 6.45) is 0. The number of carbonyl (C=O) groups excluding carboxylic acids is 2. The lowest BCUT2D eigenvalue weighted by atomic mass is 9.48. The highest BCUT2D eigenvalue weighted by atomic mass is 16.5. The van der Waals surface area contributed by atoms with Crippen molar-refractivity contribution in [2.24, 2.45) is 11.8 Å². The lowest BCUT2D eigenvalue weighted by molar-refractivity contribution is -0.123. The third kappa shape index (κ3) is 1.91. The Balaban J connectivity index is 1.57. The van der Waals surface area contributed by atoms with Crippen LogP contribution in [-0.4, -0.2) is 18.9 Å². The summed E-state index contributed by atoms with van der Waals surface area (Å²) in [5.74, 6) is -0.385. The van der Waals surface area contributed by atoms with Crippen molar-refractivity contribution >= 4 is 17.5 Å². The smallest absolute Gasteiger partial charge is 0.238 e. The summed E-state index contributed by atoms with van der Waals surface area (Å²) in [5, 5.41) is 0. The molecule has 30 heavy (non-hydrogen) atoms. The fourth-order valence-corrected chi connectivity index (χ4v) is 6.14. The van der Waals surface area contributed by atoms with E-state index in [4.69, 9.17) is 4.74 Å². The first-order chi connectivity index (χ1) is 14.6. The predicted octanol–water partition coefficient (Wildman–Crippen LogP) is 4.27. The van der Waals surface area contributed by atoms with Gasteiger partial charge in [-0.15, -0.1) is 0 Å². The molecule has 4 heteroatoms. The molecule has 1 saturated heterocycles. The average Bonchev–Trinajstić information content (AvgIpc) is 3.06. The maximum Gasteiger partial charge on any atom is 0.238 e. The van der Waals surface area contributed by atoms with Crippen LogP contribution in [0.15, 0.2) is 72.8 Å². The largest absolute Gasteiger partial charge is 0.497 e. The molecule has 1 heterocycles. The van der Waals surface area contributed by atoms with Gasteiger partial charge in [-0.1, -0.05) is 55.5 Å². The van der Waals surface area contributed by atoms with Crippen molar-refractivity contribution in [1.29, 1.82) is 0 Å². The molecule has 3 aromatic carbocycles. The summed E-state index contributed by atoms with van der Waals surface area (Å²) in [6, 6.07) is 23.8. The van der Waals surface area contributed by atoms with Crippen LogP contribution in [0, 0.1) is 11.8 Å². The van der Waals surface area contributed by atoms with Gasteiger partial charge in [0.25, 0.3) is 0 Å². The topological polar surface area (TPSA) is 46.6 Å². The lowest BCUT2D eigenvalue weighted by Gasteiger charge is -2.52. The lowest BCUT2D eigenvalue weighted by Crippen LogP contribution is -2.51. The molecule has 148 valence electrons. The van der Waals surface area contributed by atoms with E-state index in [1.54, 1.807) is 31.4 Å². The second kappa shape index (κ2) is 5.82. The minimum absolute atomic E-state index is 0.0936. The second-order valence-corrected chi connectivity index (χ2v) is 8.57. The molecule has 0 unspecified atom stereocenters. The molecule has 4 nitrogen and oxygen atoms in total. The molecule has 2 amide bonds. The highest BCUT2D eigenvalue weighted by Crippen LogP contribution is 2.64. The second-order valence-electron chi connectivity index (χ2n) is 8.57. The summed E-state index contributed by atoms with van der Waals surface area (Å²) < 4.78 is 5.24. The highest BCUT2D eigenvalue weighted by molar-refractivity contribution is 6.23. The van der Waals surface area contributed by atoms with Crippen LogP contribution in [0.4, 0.5) is 5.69 Å². The monoisotopic (exact) mass is 395 g/mol. The van der Waals surface area contributed by atoms with Crippen molar-refractivity contribution in [3.63, 3.8) is 0 Å². The van der Waals surface area contributed by atoms with E-state index in [1.165, 1.54) is 27.2 Å². The third-order valence-corrected chi connectivity index (χ3v) is 7.37. The van der Waals surface area contributed by atoms with Crippen molar-refractivity contribution < 1.29 is 14.3 Å². The first kappa shape index (κ1) is 17.5. The van der Waals surface area contributed by atoms with E-state index in [0.717, 1.165) is 0 Å². The standard InChI is InChI=1S/C26H21NO3/c1-26-19-9-5-3-7-17(19)21(18-8-4-6-10-20(18)26)22-23(26)25(29)27(24(22)28)15-11-13-16(30-2)14-12-15/h3-14,21-23H,1-2H3/t21?,22-,23+,26?/m1/s1. The van der Waals surface area contributed by atoms with Gasteiger partial charge in [0.05, 0.1) is 24.6 Å². The summed E-state index contributed by atoms with van der Waals surface area (Å²) >= 11 is 0. The molecule has 4 aliphatic rings. The summed E-state index contributed by atoms with van der Waals surface area (Å²) in [5.41, 5.74) is 4.78. The van der Waals surface area contributed by atoms with E-state index >= 15 is 0 Å². The van der Waals surface area contributed by atoms with E-state index in [2.05, 4.69) is 31.2 Å². The maximum atomic E-state index is 13.8. The Morgan fingerprint density at radius 2 is 1.37 bits per heavy atom. The van der Waals surface area contributed by atoms with Crippen LogP contribution in [0.25, 0.3) is 0 Å². The maximum absolute atomic E-state index is 13.8. The van der Waals surface area contributed by atoms with Gasteiger partial charge in [0, 0.05) is 11.3 Å². The van der Waals surface area contributed by atoms with E-state index in [-0.39, 0.29) is 23.7 Å². The fraction of sp³-hybridized carbons (Fsp3) is 0.231. The zero-order valence-corrected chi connectivity index (χ0v) is 16.8. The number of rotatable bonds is 2. The zero-order valence-electron chi connectivity index (χ0n) is 16.8. The fourth-order valence-electron chi connectivity index (χ4n) is 6.14. The molecular weight excluding hydrogens is 374 g/mol. The molecular formula is C26H21NO3. The minimum Gasteiger partial charge on any atom is -0.497 e. The summed E-state index contributed by atoms with van der Waals surface area (Å²) in [6.45, 7) is 2.14. The number of methoxy groups -OCH3 is 1. The normalized spacial score (nSPS) is 28.2. The molecule has 0 radical (unpaired) electrons. The van der Waals surface area contributed by atoms with Gasteiger partial charge in [-0.05, 0) is 46.5 Å². The number of amides is 2. The Hall–Kier alpha value is -3.40. The van der Waals surface area contributed by atoms with Gasteiger partial charge in [-0.2, -0.15) is 0 Å². The van der Waals surface area contributed by atoms with Crippen molar-refractivity contribution in [3.8, 4) is 5.75 Å².